The summed E-state index contributed by atoms with van der Waals surface area (Å²) in [6, 6.07) is 15.4. The molecular formula is C15H12N2O. The van der Waals surface area contributed by atoms with Crippen molar-refractivity contribution in [2.24, 2.45) is 7.05 Å². The van der Waals surface area contributed by atoms with Gasteiger partial charge < -0.3 is 0 Å². The molecule has 0 saturated carbocycles. The molecule has 0 N–H and O–H groups in total. The first-order valence-electron chi connectivity index (χ1n) is 5.77. The number of hydrogen-bond acceptors (Lipinski definition) is 2. The minimum atomic E-state index is -0.0404. The Balaban J connectivity index is 2.06. The Morgan fingerprint density at radius 3 is 2.56 bits per heavy atom. The van der Waals surface area contributed by atoms with Crippen LogP contribution in [0.2, 0.25) is 0 Å². The molecule has 1 heterocycles. The van der Waals surface area contributed by atoms with Crippen LogP contribution >= 0.6 is 0 Å². The molecule has 1 aromatic heterocycles. The molecule has 18 heavy (non-hydrogen) atoms. The van der Waals surface area contributed by atoms with E-state index in [0.717, 1.165) is 10.8 Å². The maximum atomic E-state index is 12.2. The third-order valence-corrected chi connectivity index (χ3v) is 2.96. The molecule has 0 aliphatic heterocycles. The number of aromatic nitrogens is 2. The van der Waals surface area contributed by atoms with Crippen LogP contribution in [-0.2, 0) is 7.05 Å². The largest absolute Gasteiger partial charge is 0.287 e. The maximum Gasteiger partial charge on any atom is 0.213 e. The van der Waals surface area contributed by atoms with Crippen molar-refractivity contribution in [3.63, 3.8) is 0 Å². The summed E-state index contributed by atoms with van der Waals surface area (Å²) >= 11 is 0. The molecule has 0 saturated heterocycles. The van der Waals surface area contributed by atoms with Gasteiger partial charge in [0.2, 0.25) is 5.78 Å². The van der Waals surface area contributed by atoms with Crippen molar-refractivity contribution >= 4 is 16.6 Å². The lowest BCUT2D eigenvalue weighted by atomic mass is 10.0. The van der Waals surface area contributed by atoms with Gasteiger partial charge in [-0.15, -0.1) is 0 Å². The zero-order valence-corrected chi connectivity index (χ0v) is 10.00. The highest BCUT2D eigenvalue weighted by atomic mass is 16.1. The Hall–Kier alpha value is -2.42. The molecule has 0 fully saturated rings. The molecule has 3 aromatic rings. The summed E-state index contributed by atoms with van der Waals surface area (Å²) in [7, 11) is 1.80. The van der Waals surface area contributed by atoms with Crippen molar-refractivity contribution in [3.8, 4) is 0 Å². The molecule has 0 radical (unpaired) electrons. The lowest BCUT2D eigenvalue weighted by Gasteiger charge is -2.01. The number of carbonyl (C=O) groups is 1. The normalized spacial score (nSPS) is 10.7. The highest BCUT2D eigenvalue weighted by Crippen LogP contribution is 2.17. The first kappa shape index (κ1) is 10.7. The molecule has 0 spiro atoms. The zero-order valence-electron chi connectivity index (χ0n) is 10.00. The van der Waals surface area contributed by atoms with Gasteiger partial charge in [-0.05, 0) is 22.9 Å². The average Bonchev–Trinajstić information content (AvgIpc) is 2.84. The monoisotopic (exact) mass is 236 g/mol. The summed E-state index contributed by atoms with van der Waals surface area (Å²) < 4.78 is 1.63. The molecule has 0 amide bonds. The fourth-order valence-corrected chi connectivity index (χ4v) is 2.01. The summed E-state index contributed by atoms with van der Waals surface area (Å²) in [6.07, 6.45) is 1.77. The molecule has 0 bridgehead atoms. The van der Waals surface area contributed by atoms with Crippen LogP contribution < -0.4 is 0 Å². The van der Waals surface area contributed by atoms with Gasteiger partial charge in [-0.3, -0.25) is 9.48 Å². The first-order chi connectivity index (χ1) is 8.74. The third kappa shape index (κ3) is 1.80. The maximum absolute atomic E-state index is 12.2. The standard InChI is InChI=1S/C15H12N2O/c1-17-9-8-14(16-17)15(18)13-7-6-11-4-2-3-5-12(11)10-13/h2-10H,1H3. The summed E-state index contributed by atoms with van der Waals surface area (Å²) in [4.78, 5) is 12.2. The van der Waals surface area contributed by atoms with E-state index in [-0.39, 0.29) is 5.78 Å². The number of ketones is 1. The summed E-state index contributed by atoms with van der Waals surface area (Å²) in [5.74, 6) is -0.0404. The van der Waals surface area contributed by atoms with E-state index < -0.39 is 0 Å². The van der Waals surface area contributed by atoms with Gasteiger partial charge in [0.05, 0.1) is 0 Å². The Morgan fingerprint density at radius 2 is 1.83 bits per heavy atom. The Morgan fingerprint density at radius 1 is 1.06 bits per heavy atom. The van der Waals surface area contributed by atoms with Gasteiger partial charge in [0.25, 0.3) is 0 Å². The van der Waals surface area contributed by atoms with E-state index in [2.05, 4.69) is 5.10 Å². The molecule has 0 aliphatic carbocycles. The SMILES string of the molecule is Cn1ccc(C(=O)c2ccc3ccccc3c2)n1. The first-order valence-corrected chi connectivity index (χ1v) is 5.77. The van der Waals surface area contributed by atoms with Crippen LogP contribution in [0.3, 0.4) is 0 Å². The van der Waals surface area contributed by atoms with Crippen molar-refractivity contribution in [1.29, 1.82) is 0 Å². The van der Waals surface area contributed by atoms with Crippen LogP contribution in [0.25, 0.3) is 10.8 Å². The summed E-state index contributed by atoms with van der Waals surface area (Å²) in [5.41, 5.74) is 1.15. The fraction of sp³-hybridized carbons (Fsp3) is 0.0667. The van der Waals surface area contributed by atoms with Crippen LogP contribution in [-0.4, -0.2) is 15.6 Å². The number of benzene rings is 2. The predicted molar refractivity (Wildman–Crippen MR) is 70.6 cm³/mol. The predicted octanol–water partition coefficient (Wildman–Crippen LogP) is 2.80. The number of fused-ring (bicyclic) bond motifs is 1. The molecule has 0 unspecified atom stereocenters. The summed E-state index contributed by atoms with van der Waals surface area (Å²) in [5, 5.41) is 6.34. The highest BCUT2D eigenvalue weighted by molar-refractivity contribution is 6.09. The molecule has 88 valence electrons. The van der Waals surface area contributed by atoms with Crippen molar-refractivity contribution in [1.82, 2.24) is 9.78 Å². The molecule has 0 atom stereocenters. The zero-order chi connectivity index (χ0) is 12.5. The minimum absolute atomic E-state index is 0.0404. The second kappa shape index (κ2) is 4.11. The van der Waals surface area contributed by atoms with E-state index >= 15 is 0 Å². The van der Waals surface area contributed by atoms with Crippen LogP contribution in [0, 0.1) is 0 Å². The van der Waals surface area contributed by atoms with E-state index in [0.29, 0.717) is 11.3 Å². The van der Waals surface area contributed by atoms with Crippen molar-refractivity contribution < 1.29 is 4.79 Å². The smallest absolute Gasteiger partial charge is 0.213 e. The van der Waals surface area contributed by atoms with Gasteiger partial charge in [-0.25, -0.2) is 0 Å². The van der Waals surface area contributed by atoms with Gasteiger partial charge in [-0.1, -0.05) is 36.4 Å². The Bertz CT molecular complexity index is 728. The fourth-order valence-electron chi connectivity index (χ4n) is 2.01. The van der Waals surface area contributed by atoms with Crippen molar-refractivity contribution in [3.05, 3.63) is 66.0 Å². The Labute approximate surface area is 105 Å². The quantitative estimate of drug-likeness (QED) is 0.641. The minimum Gasteiger partial charge on any atom is -0.287 e. The second-order valence-corrected chi connectivity index (χ2v) is 4.27. The van der Waals surface area contributed by atoms with Gasteiger partial charge in [0.1, 0.15) is 5.69 Å². The number of nitrogens with zero attached hydrogens (tertiary/aromatic N) is 2. The van der Waals surface area contributed by atoms with Crippen LogP contribution in [0.5, 0.6) is 0 Å². The van der Waals surface area contributed by atoms with Crippen LogP contribution in [0.4, 0.5) is 0 Å². The van der Waals surface area contributed by atoms with E-state index in [4.69, 9.17) is 0 Å². The van der Waals surface area contributed by atoms with E-state index in [1.807, 2.05) is 42.5 Å². The average molecular weight is 236 g/mol. The van der Waals surface area contributed by atoms with E-state index in [9.17, 15) is 4.79 Å². The topological polar surface area (TPSA) is 34.9 Å². The van der Waals surface area contributed by atoms with E-state index in [1.165, 1.54) is 0 Å². The molecule has 0 aliphatic rings. The van der Waals surface area contributed by atoms with E-state index in [1.54, 1.807) is 24.0 Å². The molecular weight excluding hydrogens is 224 g/mol. The molecule has 2 aromatic carbocycles. The van der Waals surface area contributed by atoms with Crippen LogP contribution in [0.1, 0.15) is 16.1 Å². The van der Waals surface area contributed by atoms with Gasteiger partial charge >= 0.3 is 0 Å². The number of carbonyl (C=O) groups excluding carboxylic acids is 1. The van der Waals surface area contributed by atoms with Crippen molar-refractivity contribution in [2.75, 3.05) is 0 Å². The Kier molecular flexibility index (Phi) is 2.45. The number of hydrogen-bond donors (Lipinski definition) is 0. The molecule has 3 rings (SSSR count). The molecule has 3 heteroatoms. The number of rotatable bonds is 2. The lowest BCUT2D eigenvalue weighted by Crippen LogP contribution is -2.03. The highest BCUT2D eigenvalue weighted by Gasteiger charge is 2.11. The third-order valence-electron chi connectivity index (χ3n) is 2.96. The number of aryl methyl sites for hydroxylation is 1. The van der Waals surface area contributed by atoms with Gasteiger partial charge in [-0.2, -0.15) is 5.10 Å². The lowest BCUT2D eigenvalue weighted by molar-refractivity contribution is 0.103. The van der Waals surface area contributed by atoms with Gasteiger partial charge in [0, 0.05) is 18.8 Å². The van der Waals surface area contributed by atoms with Crippen molar-refractivity contribution in [2.45, 2.75) is 0 Å². The second-order valence-electron chi connectivity index (χ2n) is 4.27. The summed E-state index contributed by atoms with van der Waals surface area (Å²) in [6.45, 7) is 0. The molecule has 3 nitrogen and oxygen atoms in total. The van der Waals surface area contributed by atoms with Gasteiger partial charge in [0.15, 0.2) is 0 Å². The van der Waals surface area contributed by atoms with Crippen LogP contribution in [0.15, 0.2) is 54.7 Å².